The predicted octanol–water partition coefficient (Wildman–Crippen LogP) is 1.60. The number of ether oxygens (including phenoxy) is 1. The van der Waals surface area contributed by atoms with Crippen molar-refractivity contribution in [3.05, 3.63) is 30.1 Å². The topological polar surface area (TPSA) is 62.7 Å². The zero-order valence-corrected chi connectivity index (χ0v) is 14.5. The molecule has 0 bridgehead atoms. The molecule has 0 unspecified atom stereocenters. The minimum atomic E-state index is -0.213. The van der Waals surface area contributed by atoms with Gasteiger partial charge in [0, 0.05) is 38.9 Å². The van der Waals surface area contributed by atoms with E-state index in [0.717, 1.165) is 51.1 Å². The molecule has 3 aliphatic heterocycles. The summed E-state index contributed by atoms with van der Waals surface area (Å²) in [5.74, 6) is -0.0314. The van der Waals surface area contributed by atoms with Gasteiger partial charge in [0.25, 0.3) is 0 Å². The second-order valence-corrected chi connectivity index (χ2v) is 7.46. The highest BCUT2D eigenvalue weighted by molar-refractivity contribution is 5.89. The highest BCUT2D eigenvalue weighted by Crippen LogP contribution is 2.36. The van der Waals surface area contributed by atoms with Crippen LogP contribution in [-0.4, -0.2) is 58.4 Å². The molecule has 3 aliphatic rings. The summed E-state index contributed by atoms with van der Waals surface area (Å²) >= 11 is 0. The first-order valence-corrected chi connectivity index (χ1v) is 9.26. The first-order chi connectivity index (χ1) is 12.2. The van der Waals surface area contributed by atoms with Crippen molar-refractivity contribution in [1.82, 2.24) is 14.8 Å². The summed E-state index contributed by atoms with van der Waals surface area (Å²) in [6.45, 7) is 3.36. The van der Waals surface area contributed by atoms with Crippen molar-refractivity contribution in [3.8, 4) is 0 Å². The molecule has 25 heavy (non-hydrogen) atoms. The Kier molecular flexibility index (Phi) is 4.46. The van der Waals surface area contributed by atoms with E-state index in [0.29, 0.717) is 19.5 Å². The number of rotatable bonds is 3. The lowest BCUT2D eigenvalue weighted by Gasteiger charge is -2.39. The number of carbonyl (C=O) groups excluding carboxylic acids is 2. The normalized spacial score (nSPS) is 25.8. The average Bonchev–Trinajstić information content (AvgIpc) is 3.23. The summed E-state index contributed by atoms with van der Waals surface area (Å²) in [6, 6.07) is 5.69. The first-order valence-electron chi connectivity index (χ1n) is 9.26. The lowest BCUT2D eigenvalue weighted by molar-refractivity contribution is -0.140. The molecule has 0 radical (unpaired) electrons. The van der Waals surface area contributed by atoms with Crippen LogP contribution in [0.15, 0.2) is 24.4 Å². The molecule has 2 amide bonds. The molecule has 1 spiro atoms. The van der Waals surface area contributed by atoms with Crippen LogP contribution in [0.5, 0.6) is 0 Å². The SMILES string of the molecule is O=C1C[C@@H](C(=O)N2CCC3(CCCO3)CC2)CN1Cc1ccccn1. The number of likely N-dealkylation sites (tertiary alicyclic amines) is 2. The van der Waals surface area contributed by atoms with E-state index in [9.17, 15) is 9.59 Å². The molecule has 6 nitrogen and oxygen atoms in total. The van der Waals surface area contributed by atoms with Crippen molar-refractivity contribution in [3.63, 3.8) is 0 Å². The van der Waals surface area contributed by atoms with Crippen LogP contribution in [0.4, 0.5) is 0 Å². The van der Waals surface area contributed by atoms with E-state index in [4.69, 9.17) is 4.74 Å². The number of hydrogen-bond donors (Lipinski definition) is 0. The maximum absolute atomic E-state index is 12.8. The maximum Gasteiger partial charge on any atom is 0.227 e. The van der Waals surface area contributed by atoms with Gasteiger partial charge in [-0.3, -0.25) is 14.6 Å². The van der Waals surface area contributed by atoms with Gasteiger partial charge >= 0.3 is 0 Å². The Hall–Kier alpha value is -1.95. The van der Waals surface area contributed by atoms with Gasteiger partial charge in [-0.15, -0.1) is 0 Å². The van der Waals surface area contributed by atoms with Crippen molar-refractivity contribution >= 4 is 11.8 Å². The molecular formula is C19H25N3O3. The molecule has 0 aromatic carbocycles. The fraction of sp³-hybridized carbons (Fsp3) is 0.632. The van der Waals surface area contributed by atoms with E-state index < -0.39 is 0 Å². The van der Waals surface area contributed by atoms with E-state index in [1.54, 1.807) is 11.1 Å². The average molecular weight is 343 g/mol. The van der Waals surface area contributed by atoms with Gasteiger partial charge in [-0.2, -0.15) is 0 Å². The largest absolute Gasteiger partial charge is 0.375 e. The quantitative estimate of drug-likeness (QED) is 0.836. The fourth-order valence-electron chi connectivity index (χ4n) is 4.32. The van der Waals surface area contributed by atoms with Gasteiger partial charge in [-0.1, -0.05) is 6.07 Å². The van der Waals surface area contributed by atoms with Crippen molar-refractivity contribution in [1.29, 1.82) is 0 Å². The molecule has 0 saturated carbocycles. The lowest BCUT2D eigenvalue weighted by Crippen LogP contribution is -2.48. The molecule has 0 aliphatic carbocycles. The second kappa shape index (κ2) is 6.75. The molecule has 3 saturated heterocycles. The Morgan fingerprint density at radius 1 is 1.28 bits per heavy atom. The molecule has 3 fully saturated rings. The minimum Gasteiger partial charge on any atom is -0.375 e. The van der Waals surface area contributed by atoms with Crippen LogP contribution in [0.3, 0.4) is 0 Å². The van der Waals surface area contributed by atoms with Crippen molar-refractivity contribution in [2.24, 2.45) is 5.92 Å². The number of carbonyl (C=O) groups is 2. The summed E-state index contributed by atoms with van der Waals surface area (Å²) < 4.78 is 5.93. The summed E-state index contributed by atoms with van der Waals surface area (Å²) in [5.41, 5.74) is 0.884. The Morgan fingerprint density at radius 2 is 2.12 bits per heavy atom. The lowest BCUT2D eigenvalue weighted by atomic mass is 9.88. The summed E-state index contributed by atoms with van der Waals surface area (Å²) in [6.07, 6.45) is 6.16. The molecule has 6 heteroatoms. The molecule has 134 valence electrons. The van der Waals surface area contributed by atoms with Gasteiger partial charge in [0.2, 0.25) is 11.8 Å². The number of pyridine rings is 1. The van der Waals surface area contributed by atoms with E-state index >= 15 is 0 Å². The van der Waals surface area contributed by atoms with Crippen LogP contribution in [-0.2, 0) is 20.9 Å². The monoisotopic (exact) mass is 343 g/mol. The highest BCUT2D eigenvalue weighted by atomic mass is 16.5. The van der Waals surface area contributed by atoms with Crippen LogP contribution in [0.1, 0.15) is 37.8 Å². The molecule has 1 atom stereocenters. The molecule has 4 rings (SSSR count). The third kappa shape index (κ3) is 3.40. The molecule has 0 N–H and O–H groups in total. The minimum absolute atomic E-state index is 0.0211. The third-order valence-corrected chi connectivity index (χ3v) is 5.81. The summed E-state index contributed by atoms with van der Waals surface area (Å²) in [5, 5.41) is 0. The number of aromatic nitrogens is 1. The Balaban J connectivity index is 1.33. The van der Waals surface area contributed by atoms with Crippen molar-refractivity contribution in [2.75, 3.05) is 26.2 Å². The first kappa shape index (κ1) is 16.5. The van der Waals surface area contributed by atoms with Gasteiger partial charge in [-0.25, -0.2) is 0 Å². The van der Waals surface area contributed by atoms with Crippen LogP contribution in [0, 0.1) is 5.92 Å². The standard InChI is InChI=1S/C19H25N3O3/c23-17-12-15(13-22(17)14-16-4-1-2-8-20-16)18(24)21-9-6-19(7-10-21)5-3-11-25-19/h1-2,4,8,15H,3,5-7,9-14H2/t15-/m1/s1. The van der Waals surface area contributed by atoms with E-state index in [2.05, 4.69) is 4.98 Å². The van der Waals surface area contributed by atoms with Crippen LogP contribution < -0.4 is 0 Å². The van der Waals surface area contributed by atoms with Crippen LogP contribution >= 0.6 is 0 Å². The number of nitrogens with zero attached hydrogens (tertiary/aromatic N) is 3. The van der Waals surface area contributed by atoms with E-state index in [1.165, 1.54) is 0 Å². The zero-order chi connectivity index (χ0) is 17.3. The number of hydrogen-bond acceptors (Lipinski definition) is 4. The molecule has 1 aromatic heterocycles. The second-order valence-electron chi connectivity index (χ2n) is 7.46. The van der Waals surface area contributed by atoms with Crippen LogP contribution in [0.25, 0.3) is 0 Å². The fourth-order valence-corrected chi connectivity index (χ4v) is 4.32. The Labute approximate surface area is 148 Å². The maximum atomic E-state index is 12.8. The number of piperidine rings is 1. The summed E-state index contributed by atoms with van der Waals surface area (Å²) in [4.78, 5) is 33.1. The summed E-state index contributed by atoms with van der Waals surface area (Å²) in [7, 11) is 0. The Bertz CT molecular complexity index is 633. The third-order valence-electron chi connectivity index (χ3n) is 5.81. The predicted molar refractivity (Wildman–Crippen MR) is 91.5 cm³/mol. The van der Waals surface area contributed by atoms with Gasteiger partial charge in [0.05, 0.1) is 23.8 Å². The van der Waals surface area contributed by atoms with E-state index in [-0.39, 0.29) is 23.3 Å². The van der Waals surface area contributed by atoms with Crippen LogP contribution in [0.2, 0.25) is 0 Å². The van der Waals surface area contributed by atoms with E-state index in [1.807, 2.05) is 23.1 Å². The van der Waals surface area contributed by atoms with Crippen molar-refractivity contribution in [2.45, 2.75) is 44.2 Å². The smallest absolute Gasteiger partial charge is 0.227 e. The molecule has 1 aromatic rings. The number of amides is 2. The van der Waals surface area contributed by atoms with Gasteiger partial charge in [-0.05, 0) is 37.8 Å². The van der Waals surface area contributed by atoms with Gasteiger partial charge in [0.15, 0.2) is 0 Å². The Morgan fingerprint density at radius 3 is 2.80 bits per heavy atom. The highest BCUT2D eigenvalue weighted by Gasteiger charge is 2.42. The van der Waals surface area contributed by atoms with Crippen molar-refractivity contribution < 1.29 is 14.3 Å². The van der Waals surface area contributed by atoms with Gasteiger partial charge < -0.3 is 14.5 Å². The van der Waals surface area contributed by atoms with Gasteiger partial charge in [0.1, 0.15) is 0 Å². The molecular weight excluding hydrogens is 318 g/mol. The molecule has 4 heterocycles. The zero-order valence-electron chi connectivity index (χ0n) is 14.5.